The number of nitrogens with one attached hydrogen (secondary N) is 3. The molecular formula is C32H44N8. The van der Waals surface area contributed by atoms with Crippen molar-refractivity contribution in [3.05, 3.63) is 47.1 Å². The number of anilines is 3. The van der Waals surface area contributed by atoms with Crippen LogP contribution in [0.2, 0.25) is 0 Å². The maximum Gasteiger partial charge on any atom is 0.156 e. The van der Waals surface area contributed by atoms with E-state index in [2.05, 4.69) is 119 Å². The Bertz CT molecular complexity index is 1550. The Hall–Kier alpha value is -3.68. The van der Waals surface area contributed by atoms with Crippen molar-refractivity contribution in [1.82, 2.24) is 9.55 Å². The van der Waals surface area contributed by atoms with Crippen LogP contribution < -0.4 is 10.6 Å². The van der Waals surface area contributed by atoms with Crippen molar-refractivity contribution < 1.29 is 0 Å². The van der Waals surface area contributed by atoms with E-state index in [4.69, 9.17) is 9.98 Å². The summed E-state index contributed by atoms with van der Waals surface area (Å²) in [6, 6.07) is 2.17. The van der Waals surface area contributed by atoms with Crippen molar-refractivity contribution in [2.75, 3.05) is 10.6 Å². The molecule has 8 nitrogen and oxygen atoms in total. The van der Waals surface area contributed by atoms with Crippen LogP contribution >= 0.6 is 0 Å². The highest BCUT2D eigenvalue weighted by Gasteiger charge is 2.39. The third kappa shape index (κ3) is 5.11. The molecule has 0 fully saturated rings. The molecule has 0 aromatic carbocycles. The second kappa shape index (κ2) is 8.91. The topological polar surface area (TPSA) is 94.2 Å². The van der Waals surface area contributed by atoms with Crippen LogP contribution in [0.3, 0.4) is 0 Å². The number of amidine groups is 4. The van der Waals surface area contributed by atoms with Crippen molar-refractivity contribution in [2.24, 2.45) is 20.0 Å². The summed E-state index contributed by atoms with van der Waals surface area (Å²) in [5.74, 6) is 6.33. The molecule has 2 aromatic rings. The van der Waals surface area contributed by atoms with E-state index in [0.29, 0.717) is 17.5 Å². The van der Waals surface area contributed by atoms with Crippen LogP contribution in [-0.4, -0.2) is 32.9 Å². The van der Waals surface area contributed by atoms with Crippen LogP contribution in [0.25, 0.3) is 0 Å². The first-order valence-electron chi connectivity index (χ1n) is 14.1. The molecule has 5 rings (SSSR count). The summed E-state index contributed by atoms with van der Waals surface area (Å²) in [6.45, 7) is 27.1. The van der Waals surface area contributed by atoms with Crippen LogP contribution in [0, 0.1) is 0 Å². The quantitative estimate of drug-likeness (QED) is 0.316. The number of fused-ring (bicyclic) bond motifs is 6. The Morgan fingerprint density at radius 2 is 1.15 bits per heavy atom. The number of nitrogens with zero attached hydrogens (tertiary/aromatic N) is 5. The summed E-state index contributed by atoms with van der Waals surface area (Å²) in [7, 11) is 0. The number of aliphatic imine (C=N–C) groups is 4. The second-order valence-electron chi connectivity index (χ2n) is 15.0. The summed E-state index contributed by atoms with van der Waals surface area (Å²) in [4.78, 5) is 23.0. The van der Waals surface area contributed by atoms with Crippen LogP contribution in [0.4, 0.5) is 23.3 Å². The number of aromatic nitrogens is 2. The third-order valence-electron chi connectivity index (χ3n) is 7.13. The summed E-state index contributed by atoms with van der Waals surface area (Å²) in [5.41, 5.74) is 2.90. The second-order valence-corrected chi connectivity index (χ2v) is 15.0. The van der Waals surface area contributed by atoms with Gasteiger partial charge in [0.15, 0.2) is 17.5 Å². The van der Waals surface area contributed by atoms with Gasteiger partial charge in [-0.2, -0.15) is 0 Å². The molecule has 0 spiro atoms. The Morgan fingerprint density at radius 1 is 0.600 bits per heavy atom. The molecule has 3 aliphatic heterocycles. The van der Waals surface area contributed by atoms with Crippen molar-refractivity contribution in [3.8, 4) is 0 Å². The monoisotopic (exact) mass is 540 g/mol. The first kappa shape index (κ1) is 27.9. The molecule has 0 unspecified atom stereocenters. The van der Waals surface area contributed by atoms with Gasteiger partial charge in [0, 0.05) is 22.2 Å². The standard InChI is InChI=1S/C32H44N8/c1-29(2,3)18-17-23-36-21-14-13-19(34-21)33-20-15-16-22(35-20)38-27-24(30(4,5)6)25(31(7,8)9)28(39-26(18)37-23)40(27)32(10,11)12/h13-17,37,39H,1-12H3,(H,33,34,35,36,38). The van der Waals surface area contributed by atoms with Crippen molar-refractivity contribution >= 4 is 46.6 Å². The van der Waals surface area contributed by atoms with E-state index >= 15 is 0 Å². The minimum Gasteiger partial charge on any atom is -0.328 e. The molecule has 3 N–H and O–H groups in total. The van der Waals surface area contributed by atoms with Gasteiger partial charge in [-0.3, -0.25) is 0 Å². The fraction of sp³-hybridized carbons (Fsp3) is 0.500. The number of H-pyrrole nitrogens is 1. The molecule has 0 saturated heterocycles. The Labute approximate surface area is 238 Å². The molecule has 8 bridgehead atoms. The fourth-order valence-corrected chi connectivity index (χ4v) is 5.52. The Balaban J connectivity index is 1.91. The zero-order chi connectivity index (χ0) is 29.4. The number of rotatable bonds is 0. The maximum atomic E-state index is 5.26. The maximum absolute atomic E-state index is 5.26. The lowest BCUT2D eigenvalue weighted by Crippen LogP contribution is -2.25. The molecule has 0 amide bonds. The first-order chi connectivity index (χ1) is 18.3. The molecule has 212 valence electrons. The van der Waals surface area contributed by atoms with Gasteiger partial charge in [0.1, 0.15) is 29.1 Å². The Kier molecular flexibility index (Phi) is 6.21. The molecule has 0 saturated carbocycles. The van der Waals surface area contributed by atoms with E-state index in [1.165, 1.54) is 16.7 Å². The van der Waals surface area contributed by atoms with Crippen molar-refractivity contribution in [2.45, 2.75) is 105 Å². The predicted octanol–water partition coefficient (Wildman–Crippen LogP) is 8.00. The summed E-state index contributed by atoms with van der Waals surface area (Å²) in [5, 5.41) is 7.36. The van der Waals surface area contributed by atoms with E-state index in [0.717, 1.165) is 29.1 Å². The highest BCUT2D eigenvalue weighted by Crippen LogP contribution is 2.50. The molecular weight excluding hydrogens is 496 g/mol. The van der Waals surface area contributed by atoms with E-state index in [1.54, 1.807) is 0 Å². The van der Waals surface area contributed by atoms with Crippen LogP contribution in [-0.2, 0) is 21.8 Å². The third-order valence-corrected chi connectivity index (χ3v) is 7.13. The molecule has 40 heavy (non-hydrogen) atoms. The number of hydrogen-bond donors (Lipinski definition) is 3. The predicted molar refractivity (Wildman–Crippen MR) is 171 cm³/mol. The van der Waals surface area contributed by atoms with Gasteiger partial charge in [-0.15, -0.1) is 0 Å². The summed E-state index contributed by atoms with van der Waals surface area (Å²) >= 11 is 0. The highest BCUT2D eigenvalue weighted by atomic mass is 15.3. The van der Waals surface area contributed by atoms with Gasteiger partial charge >= 0.3 is 0 Å². The van der Waals surface area contributed by atoms with Crippen LogP contribution in [0.15, 0.2) is 50.3 Å². The molecule has 5 heterocycles. The smallest absolute Gasteiger partial charge is 0.156 e. The summed E-state index contributed by atoms with van der Waals surface area (Å²) < 4.78 is 2.36. The van der Waals surface area contributed by atoms with Gasteiger partial charge in [0.05, 0.1) is 0 Å². The fourth-order valence-electron chi connectivity index (χ4n) is 5.52. The minimum atomic E-state index is -0.279. The molecule has 2 aromatic heterocycles. The number of hydrogen-bond acceptors (Lipinski definition) is 6. The molecule has 3 aliphatic rings. The van der Waals surface area contributed by atoms with Gasteiger partial charge in [-0.25, -0.2) is 20.0 Å². The van der Waals surface area contributed by atoms with E-state index in [-0.39, 0.29) is 21.8 Å². The van der Waals surface area contributed by atoms with Crippen molar-refractivity contribution in [1.29, 1.82) is 0 Å². The average molecular weight is 541 g/mol. The molecule has 0 atom stereocenters. The normalized spacial score (nSPS) is 17.3. The largest absolute Gasteiger partial charge is 0.328 e. The Morgan fingerprint density at radius 3 is 1.70 bits per heavy atom. The zero-order valence-electron chi connectivity index (χ0n) is 26.1. The summed E-state index contributed by atoms with van der Waals surface area (Å²) in [6.07, 6.45) is 7.66. The lowest BCUT2D eigenvalue weighted by molar-refractivity contribution is 0.404. The number of aromatic amines is 1. The van der Waals surface area contributed by atoms with Gasteiger partial charge in [-0.1, -0.05) is 62.3 Å². The van der Waals surface area contributed by atoms with Gasteiger partial charge < -0.3 is 20.2 Å². The van der Waals surface area contributed by atoms with Gasteiger partial charge in [-0.05, 0) is 67.4 Å². The van der Waals surface area contributed by atoms with Crippen LogP contribution in [0.1, 0.15) is 99.8 Å². The molecule has 8 heteroatoms. The molecule has 0 radical (unpaired) electrons. The van der Waals surface area contributed by atoms with Crippen LogP contribution in [0.5, 0.6) is 0 Å². The lowest BCUT2D eigenvalue weighted by Gasteiger charge is -2.30. The van der Waals surface area contributed by atoms with Crippen molar-refractivity contribution in [3.63, 3.8) is 0 Å². The minimum absolute atomic E-state index is 0.113. The highest BCUT2D eigenvalue weighted by molar-refractivity contribution is 6.24. The average Bonchev–Trinajstić information content (AvgIpc) is 3.53. The zero-order valence-corrected chi connectivity index (χ0v) is 26.1. The van der Waals surface area contributed by atoms with Gasteiger partial charge in [0.25, 0.3) is 0 Å². The van der Waals surface area contributed by atoms with E-state index in [1.807, 2.05) is 24.3 Å². The first-order valence-corrected chi connectivity index (χ1v) is 14.1. The van der Waals surface area contributed by atoms with E-state index < -0.39 is 0 Å². The SMILES string of the molecule is CC(C)(C)c1cc2[nH]c1Nc1c(C(C)(C)C)c(C(C)(C)C)c(n1C(C)(C)C)N=C1C=CC(=N1)N=C1C=CC(=N1)N2. The van der Waals surface area contributed by atoms with E-state index in [9.17, 15) is 0 Å². The molecule has 0 aliphatic carbocycles. The van der Waals surface area contributed by atoms with Gasteiger partial charge in [0.2, 0.25) is 0 Å². The lowest BCUT2D eigenvalue weighted by atomic mass is 9.76.